The van der Waals surface area contributed by atoms with Crippen LogP contribution in [0.5, 0.6) is 0 Å². The summed E-state index contributed by atoms with van der Waals surface area (Å²) in [6.07, 6.45) is 0.984. The molecule has 5 rings (SSSR count). The molecular formula is C25H22ClF3N4O2S. The van der Waals surface area contributed by atoms with Gasteiger partial charge in [-0.05, 0) is 79.2 Å². The standard InChI is InChI=1S/C25H22ClF3N4O2S/c26-19-5-4-17(20(13-19)25(27,28)29)15-33-21-6-3-16(11-18(21)14-30-33)12-22-23(34)32(24(35)36-22)10-9-31-7-1-2-8-31/h3-6,11-14H,1-2,7-10,15H2/b22-12+. The summed E-state index contributed by atoms with van der Waals surface area (Å²) in [5.74, 6) is -0.303. The molecule has 188 valence electrons. The maximum atomic E-state index is 13.5. The quantitative estimate of drug-likeness (QED) is 0.369. The highest BCUT2D eigenvalue weighted by molar-refractivity contribution is 8.18. The Labute approximate surface area is 214 Å². The maximum Gasteiger partial charge on any atom is 0.416 e. The van der Waals surface area contributed by atoms with Crippen molar-refractivity contribution in [2.24, 2.45) is 0 Å². The van der Waals surface area contributed by atoms with Crippen LogP contribution in [-0.2, 0) is 17.5 Å². The second kappa shape index (κ2) is 9.91. The second-order valence-corrected chi connectivity index (χ2v) is 10.2. The summed E-state index contributed by atoms with van der Waals surface area (Å²) in [4.78, 5) is 29.1. The minimum Gasteiger partial charge on any atom is -0.302 e. The molecule has 2 aromatic carbocycles. The van der Waals surface area contributed by atoms with Crippen molar-refractivity contribution in [2.75, 3.05) is 26.2 Å². The molecular weight excluding hydrogens is 513 g/mol. The van der Waals surface area contributed by atoms with Gasteiger partial charge in [0.25, 0.3) is 11.1 Å². The first-order valence-corrected chi connectivity index (χ1v) is 12.7. The van der Waals surface area contributed by atoms with Crippen molar-refractivity contribution >= 4 is 51.5 Å². The van der Waals surface area contributed by atoms with Crippen LogP contribution in [0.4, 0.5) is 18.0 Å². The number of alkyl halides is 3. The molecule has 3 heterocycles. The minimum absolute atomic E-state index is 0.0153. The molecule has 36 heavy (non-hydrogen) atoms. The maximum absolute atomic E-state index is 13.5. The number of amides is 2. The number of fused-ring (bicyclic) bond motifs is 1. The number of likely N-dealkylation sites (tertiary alicyclic amines) is 1. The van der Waals surface area contributed by atoms with Crippen molar-refractivity contribution < 1.29 is 22.8 Å². The number of thioether (sulfide) groups is 1. The smallest absolute Gasteiger partial charge is 0.302 e. The Morgan fingerprint density at radius 3 is 2.58 bits per heavy atom. The molecule has 0 atom stereocenters. The van der Waals surface area contributed by atoms with Crippen molar-refractivity contribution in [3.63, 3.8) is 0 Å². The van der Waals surface area contributed by atoms with Crippen molar-refractivity contribution in [3.8, 4) is 0 Å². The van der Waals surface area contributed by atoms with Crippen molar-refractivity contribution in [2.45, 2.75) is 25.6 Å². The molecule has 0 aliphatic carbocycles. The molecule has 0 bridgehead atoms. The van der Waals surface area contributed by atoms with Crippen molar-refractivity contribution in [1.29, 1.82) is 0 Å². The van der Waals surface area contributed by atoms with Crippen LogP contribution < -0.4 is 0 Å². The number of benzene rings is 2. The van der Waals surface area contributed by atoms with Gasteiger partial charge in [0, 0.05) is 23.5 Å². The van der Waals surface area contributed by atoms with E-state index in [0.29, 0.717) is 34.5 Å². The van der Waals surface area contributed by atoms with Crippen molar-refractivity contribution in [3.05, 3.63) is 69.2 Å². The number of imide groups is 1. The lowest BCUT2D eigenvalue weighted by molar-refractivity contribution is -0.138. The third-order valence-corrected chi connectivity index (χ3v) is 7.52. The Morgan fingerprint density at radius 2 is 1.83 bits per heavy atom. The van der Waals surface area contributed by atoms with E-state index in [1.165, 1.54) is 21.7 Å². The number of carbonyl (C=O) groups excluding carboxylic acids is 2. The fourth-order valence-corrected chi connectivity index (χ4v) is 5.56. The molecule has 2 aliphatic heterocycles. The van der Waals surface area contributed by atoms with Crippen LogP contribution in [-0.4, -0.2) is 56.9 Å². The number of hydrogen-bond acceptors (Lipinski definition) is 5. The summed E-state index contributed by atoms with van der Waals surface area (Å²) < 4.78 is 41.9. The van der Waals surface area contributed by atoms with E-state index in [4.69, 9.17) is 11.6 Å². The van der Waals surface area contributed by atoms with Crippen LogP contribution in [0, 0.1) is 0 Å². The first kappa shape index (κ1) is 24.9. The molecule has 0 saturated carbocycles. The molecule has 0 radical (unpaired) electrons. The Balaban J connectivity index is 1.34. The summed E-state index contributed by atoms with van der Waals surface area (Å²) in [7, 11) is 0. The molecule has 2 amide bonds. The van der Waals surface area contributed by atoms with E-state index in [9.17, 15) is 22.8 Å². The van der Waals surface area contributed by atoms with Gasteiger partial charge in [-0.1, -0.05) is 23.7 Å². The summed E-state index contributed by atoms with van der Waals surface area (Å²) in [5.41, 5.74) is 0.614. The fourth-order valence-electron chi connectivity index (χ4n) is 4.52. The molecule has 2 fully saturated rings. The molecule has 0 spiro atoms. The van der Waals surface area contributed by atoms with E-state index >= 15 is 0 Å². The Hall–Kier alpha value is -2.82. The lowest BCUT2D eigenvalue weighted by Crippen LogP contribution is -2.36. The van der Waals surface area contributed by atoms with Gasteiger partial charge in [0.2, 0.25) is 0 Å². The van der Waals surface area contributed by atoms with Gasteiger partial charge in [-0.2, -0.15) is 18.3 Å². The SMILES string of the molecule is O=C1S/C(=C/c2ccc3c(cnn3Cc3ccc(Cl)cc3C(F)(F)F)c2)C(=O)N1CCN1CCCC1. The van der Waals surface area contributed by atoms with Crippen LogP contribution in [0.1, 0.15) is 29.5 Å². The van der Waals surface area contributed by atoms with Gasteiger partial charge in [0.05, 0.1) is 28.7 Å². The molecule has 2 aliphatic rings. The molecule has 6 nitrogen and oxygen atoms in total. The lowest BCUT2D eigenvalue weighted by Gasteiger charge is -2.18. The highest BCUT2D eigenvalue weighted by atomic mass is 35.5. The van der Waals surface area contributed by atoms with Gasteiger partial charge in [-0.15, -0.1) is 0 Å². The number of aromatic nitrogens is 2. The predicted molar refractivity (Wildman–Crippen MR) is 134 cm³/mol. The van der Waals surface area contributed by atoms with E-state index < -0.39 is 11.7 Å². The molecule has 0 N–H and O–H groups in total. The molecule has 0 unspecified atom stereocenters. The Morgan fingerprint density at radius 1 is 1.06 bits per heavy atom. The van der Waals surface area contributed by atoms with Crippen LogP contribution in [0.2, 0.25) is 5.02 Å². The van der Waals surface area contributed by atoms with E-state index in [1.54, 1.807) is 30.5 Å². The molecule has 2 saturated heterocycles. The zero-order valence-electron chi connectivity index (χ0n) is 19.1. The van der Waals surface area contributed by atoms with Gasteiger partial charge < -0.3 is 4.90 Å². The van der Waals surface area contributed by atoms with E-state index in [-0.39, 0.29) is 28.3 Å². The summed E-state index contributed by atoms with van der Waals surface area (Å²) >= 11 is 6.70. The van der Waals surface area contributed by atoms with Gasteiger partial charge in [0.1, 0.15) is 0 Å². The first-order valence-electron chi connectivity index (χ1n) is 11.5. The Kier molecular flexibility index (Phi) is 6.84. The van der Waals surface area contributed by atoms with E-state index in [2.05, 4.69) is 10.00 Å². The lowest BCUT2D eigenvalue weighted by atomic mass is 10.1. The zero-order valence-corrected chi connectivity index (χ0v) is 20.7. The van der Waals surface area contributed by atoms with Gasteiger partial charge in [0.15, 0.2) is 0 Å². The highest BCUT2D eigenvalue weighted by Gasteiger charge is 2.35. The second-order valence-electron chi connectivity index (χ2n) is 8.80. The summed E-state index contributed by atoms with van der Waals surface area (Å²) in [5, 5.41) is 4.71. The minimum atomic E-state index is -4.53. The van der Waals surface area contributed by atoms with Crippen molar-refractivity contribution in [1.82, 2.24) is 19.6 Å². The zero-order chi connectivity index (χ0) is 25.4. The van der Waals surface area contributed by atoms with Crippen LogP contribution in [0.25, 0.3) is 17.0 Å². The summed E-state index contributed by atoms with van der Waals surface area (Å²) in [6, 6.07) is 8.99. The third kappa shape index (κ3) is 5.16. The number of halogens is 4. The molecule has 11 heteroatoms. The normalized spacial score (nSPS) is 18.3. The fraction of sp³-hybridized carbons (Fsp3) is 0.320. The van der Waals surface area contributed by atoms with E-state index in [1.807, 2.05) is 0 Å². The topological polar surface area (TPSA) is 58.4 Å². The van der Waals surface area contributed by atoms with Crippen LogP contribution in [0.3, 0.4) is 0 Å². The number of rotatable bonds is 6. The monoisotopic (exact) mass is 534 g/mol. The largest absolute Gasteiger partial charge is 0.416 e. The average Bonchev–Trinajstić information content (AvgIpc) is 3.54. The van der Waals surface area contributed by atoms with Crippen LogP contribution >= 0.6 is 23.4 Å². The van der Waals surface area contributed by atoms with Gasteiger partial charge in [-0.3, -0.25) is 19.2 Å². The Bertz CT molecular complexity index is 1370. The number of carbonyl (C=O) groups is 2. The van der Waals surface area contributed by atoms with E-state index in [0.717, 1.165) is 43.8 Å². The predicted octanol–water partition coefficient (Wildman–Crippen LogP) is 5.89. The van der Waals surface area contributed by atoms with Gasteiger partial charge in [-0.25, -0.2) is 0 Å². The number of nitrogens with zero attached hydrogens (tertiary/aromatic N) is 4. The number of hydrogen-bond donors (Lipinski definition) is 0. The molecule has 3 aromatic rings. The average molecular weight is 535 g/mol. The van der Waals surface area contributed by atoms with Gasteiger partial charge >= 0.3 is 6.18 Å². The van der Waals surface area contributed by atoms with Crippen LogP contribution in [0.15, 0.2) is 47.5 Å². The highest BCUT2D eigenvalue weighted by Crippen LogP contribution is 2.35. The third-order valence-electron chi connectivity index (χ3n) is 6.37. The first-order chi connectivity index (χ1) is 17.2. The summed E-state index contributed by atoms with van der Waals surface area (Å²) in [6.45, 7) is 2.97. The molecule has 1 aromatic heterocycles.